The van der Waals surface area contributed by atoms with Crippen molar-refractivity contribution in [2.75, 3.05) is 0 Å². The van der Waals surface area contributed by atoms with Crippen molar-refractivity contribution in [2.45, 2.75) is 6.92 Å². The zero-order chi connectivity index (χ0) is 8.72. The Morgan fingerprint density at radius 3 is 3.00 bits per heavy atom. The van der Waals surface area contributed by atoms with Crippen LogP contribution in [0.4, 0.5) is 0 Å². The number of benzene rings is 1. The van der Waals surface area contributed by atoms with E-state index < -0.39 is 0 Å². The van der Waals surface area contributed by atoms with Crippen LogP contribution in [-0.2, 0) is 0 Å². The van der Waals surface area contributed by atoms with Gasteiger partial charge in [-0.1, -0.05) is 27.5 Å². The summed E-state index contributed by atoms with van der Waals surface area (Å²) >= 11 is 4.77. The van der Waals surface area contributed by atoms with E-state index in [1.807, 2.05) is 19.1 Å². The van der Waals surface area contributed by atoms with Gasteiger partial charge in [0.1, 0.15) is 0 Å². The molecule has 1 aromatic heterocycles. The number of aromatic amines is 1. The van der Waals surface area contributed by atoms with Gasteiger partial charge in [0.25, 0.3) is 5.56 Å². The first-order chi connectivity index (χ1) is 5.70. The van der Waals surface area contributed by atoms with Gasteiger partial charge in [-0.2, -0.15) is 0 Å². The minimum atomic E-state index is 0.00815. The molecule has 1 heterocycles. The number of hydrogen-bond acceptors (Lipinski definition) is 2. The number of halogens is 1. The van der Waals surface area contributed by atoms with Crippen molar-refractivity contribution < 1.29 is 0 Å². The Bertz CT molecular complexity index is 485. The van der Waals surface area contributed by atoms with Crippen LogP contribution in [0.15, 0.2) is 21.4 Å². The Hall–Kier alpha value is -0.610. The Balaban J connectivity index is 3.06. The van der Waals surface area contributed by atoms with Gasteiger partial charge in [-0.05, 0) is 24.6 Å². The summed E-state index contributed by atoms with van der Waals surface area (Å²) in [7, 11) is 0. The van der Waals surface area contributed by atoms with Crippen molar-refractivity contribution in [3.63, 3.8) is 0 Å². The van der Waals surface area contributed by atoms with Crippen molar-refractivity contribution in [2.24, 2.45) is 0 Å². The zero-order valence-electron chi connectivity index (χ0n) is 6.35. The zero-order valence-corrected chi connectivity index (χ0v) is 8.75. The highest BCUT2D eigenvalue weighted by atomic mass is 79.9. The van der Waals surface area contributed by atoms with Crippen LogP contribution in [0.25, 0.3) is 10.1 Å². The third kappa shape index (κ3) is 1.03. The Morgan fingerprint density at radius 2 is 2.25 bits per heavy atom. The molecule has 0 aliphatic carbocycles. The number of nitrogens with one attached hydrogen (secondary N) is 1. The third-order valence-corrected chi connectivity index (χ3v) is 3.55. The second-order valence-corrected chi connectivity index (χ2v) is 4.28. The smallest absolute Gasteiger partial charge is 0.266 e. The van der Waals surface area contributed by atoms with Crippen LogP contribution in [0.5, 0.6) is 0 Å². The van der Waals surface area contributed by atoms with Crippen molar-refractivity contribution in [3.05, 3.63) is 32.5 Å². The average Bonchev–Trinajstić information content (AvgIpc) is 2.41. The van der Waals surface area contributed by atoms with E-state index in [4.69, 9.17) is 0 Å². The van der Waals surface area contributed by atoms with Crippen LogP contribution in [0.2, 0.25) is 0 Å². The molecule has 0 saturated carbocycles. The van der Waals surface area contributed by atoms with E-state index in [0.29, 0.717) is 0 Å². The molecule has 2 nitrogen and oxygen atoms in total. The summed E-state index contributed by atoms with van der Waals surface area (Å²) in [4.78, 5) is 11.3. The van der Waals surface area contributed by atoms with Crippen LogP contribution in [0.3, 0.4) is 0 Å². The Morgan fingerprint density at radius 1 is 1.50 bits per heavy atom. The number of hydrogen-bond donors (Lipinski definition) is 1. The van der Waals surface area contributed by atoms with Gasteiger partial charge in [0, 0.05) is 4.47 Å². The fraction of sp³-hybridized carbons (Fsp3) is 0.125. The largest absolute Gasteiger partial charge is 0.277 e. The first-order valence-electron chi connectivity index (χ1n) is 3.46. The molecular formula is C8H6BrNOS. The van der Waals surface area contributed by atoms with Gasteiger partial charge in [0.05, 0.1) is 10.1 Å². The summed E-state index contributed by atoms with van der Waals surface area (Å²) in [5, 5.41) is 0.800. The predicted molar refractivity (Wildman–Crippen MR) is 54.9 cm³/mol. The summed E-state index contributed by atoms with van der Waals surface area (Å²) in [6.07, 6.45) is 0. The molecule has 0 amide bonds. The lowest BCUT2D eigenvalue weighted by atomic mass is 10.2. The van der Waals surface area contributed by atoms with Gasteiger partial charge in [-0.25, -0.2) is 0 Å². The van der Waals surface area contributed by atoms with E-state index >= 15 is 0 Å². The molecule has 12 heavy (non-hydrogen) atoms. The summed E-state index contributed by atoms with van der Waals surface area (Å²) in [5.74, 6) is 0. The fourth-order valence-electron chi connectivity index (χ4n) is 1.18. The molecule has 0 aliphatic rings. The molecule has 1 aromatic carbocycles. The Labute approximate surface area is 81.5 Å². The number of aromatic nitrogens is 1. The molecule has 0 radical (unpaired) electrons. The quantitative estimate of drug-likeness (QED) is 0.759. The number of H-pyrrole nitrogens is 1. The molecule has 0 saturated heterocycles. The monoisotopic (exact) mass is 243 g/mol. The lowest BCUT2D eigenvalue weighted by Gasteiger charge is -1.96. The van der Waals surface area contributed by atoms with E-state index in [1.54, 1.807) is 0 Å². The lowest BCUT2D eigenvalue weighted by molar-refractivity contribution is 1.42. The minimum Gasteiger partial charge on any atom is -0.277 e. The van der Waals surface area contributed by atoms with Crippen molar-refractivity contribution >= 4 is 37.5 Å². The molecule has 0 fully saturated rings. The summed E-state index contributed by atoms with van der Waals surface area (Å²) < 4.78 is 4.71. The molecule has 62 valence electrons. The third-order valence-electron chi connectivity index (χ3n) is 1.84. The topological polar surface area (TPSA) is 32.9 Å². The average molecular weight is 244 g/mol. The Kier molecular flexibility index (Phi) is 1.81. The van der Waals surface area contributed by atoms with Gasteiger partial charge in [-0.3, -0.25) is 9.17 Å². The van der Waals surface area contributed by atoms with Crippen LogP contribution >= 0.6 is 27.5 Å². The summed E-state index contributed by atoms with van der Waals surface area (Å²) in [6.45, 7) is 1.94. The lowest BCUT2D eigenvalue weighted by Crippen LogP contribution is -1.98. The molecular weight excluding hydrogens is 238 g/mol. The SMILES string of the molecule is Cc1c(Br)ccc2s[nH]c(=O)c12. The van der Waals surface area contributed by atoms with Crippen LogP contribution < -0.4 is 5.56 Å². The normalized spacial score (nSPS) is 10.8. The standard InChI is InChI=1S/C8H6BrNOS/c1-4-5(9)2-3-6-7(4)8(11)10-12-6/h2-3H,1H3,(H,10,11). The van der Waals surface area contributed by atoms with E-state index in [1.165, 1.54) is 11.5 Å². The molecule has 0 atom stereocenters. The first kappa shape index (κ1) is 8.01. The maximum atomic E-state index is 11.3. The van der Waals surface area contributed by atoms with Crippen LogP contribution in [0, 0.1) is 6.92 Å². The first-order valence-corrected chi connectivity index (χ1v) is 5.07. The highest BCUT2D eigenvalue weighted by molar-refractivity contribution is 9.10. The van der Waals surface area contributed by atoms with Gasteiger partial charge < -0.3 is 0 Å². The molecule has 2 rings (SSSR count). The van der Waals surface area contributed by atoms with Crippen molar-refractivity contribution in [1.29, 1.82) is 0 Å². The van der Waals surface area contributed by atoms with Crippen LogP contribution in [0.1, 0.15) is 5.56 Å². The van der Waals surface area contributed by atoms with Gasteiger partial charge in [0.15, 0.2) is 0 Å². The van der Waals surface area contributed by atoms with Gasteiger partial charge in [0.2, 0.25) is 0 Å². The van der Waals surface area contributed by atoms with Crippen molar-refractivity contribution in [3.8, 4) is 0 Å². The molecule has 0 bridgehead atoms. The van der Waals surface area contributed by atoms with E-state index in [9.17, 15) is 4.79 Å². The van der Waals surface area contributed by atoms with Crippen molar-refractivity contribution in [1.82, 2.24) is 4.37 Å². The van der Waals surface area contributed by atoms with Gasteiger partial charge >= 0.3 is 0 Å². The molecule has 2 aromatic rings. The maximum Gasteiger partial charge on any atom is 0.266 e. The predicted octanol–water partition coefficient (Wildman–Crippen LogP) is 2.66. The van der Waals surface area contributed by atoms with E-state index in [2.05, 4.69) is 20.3 Å². The number of rotatable bonds is 0. The summed E-state index contributed by atoms with van der Waals surface area (Å²) in [6, 6.07) is 3.90. The molecule has 0 unspecified atom stereocenters. The highest BCUT2D eigenvalue weighted by Gasteiger charge is 2.06. The maximum absolute atomic E-state index is 11.3. The number of aryl methyl sites for hydroxylation is 1. The van der Waals surface area contributed by atoms with Crippen LogP contribution in [-0.4, -0.2) is 4.37 Å². The fourth-order valence-corrected chi connectivity index (χ4v) is 2.30. The second-order valence-electron chi connectivity index (χ2n) is 2.58. The number of fused-ring (bicyclic) bond motifs is 1. The molecule has 1 N–H and O–H groups in total. The van der Waals surface area contributed by atoms with E-state index in [0.717, 1.165) is 20.1 Å². The second kappa shape index (κ2) is 2.71. The van der Waals surface area contributed by atoms with Gasteiger partial charge in [-0.15, -0.1) is 0 Å². The molecule has 4 heteroatoms. The van der Waals surface area contributed by atoms with E-state index in [-0.39, 0.29) is 5.56 Å². The molecule has 0 spiro atoms. The molecule has 0 aliphatic heterocycles. The minimum absolute atomic E-state index is 0.00815. The summed E-state index contributed by atoms with van der Waals surface area (Å²) in [5.41, 5.74) is 1.02. The highest BCUT2D eigenvalue weighted by Crippen LogP contribution is 2.24.